The van der Waals surface area contributed by atoms with Crippen LogP contribution in [0.15, 0.2) is 48.7 Å². The molecule has 6 nitrogen and oxygen atoms in total. The van der Waals surface area contributed by atoms with E-state index in [0.717, 1.165) is 39.6 Å². The lowest BCUT2D eigenvalue weighted by molar-refractivity contribution is -0.118. The lowest BCUT2D eigenvalue weighted by Crippen LogP contribution is -2.27. The maximum atomic E-state index is 13.0. The van der Waals surface area contributed by atoms with E-state index in [1.54, 1.807) is 6.20 Å². The van der Waals surface area contributed by atoms with Gasteiger partial charge in [-0.3, -0.25) is 4.79 Å². The number of rotatable bonds is 5. The van der Waals surface area contributed by atoms with E-state index < -0.39 is 5.41 Å². The van der Waals surface area contributed by atoms with Crippen LogP contribution in [-0.2, 0) is 16.6 Å². The van der Waals surface area contributed by atoms with E-state index >= 15 is 0 Å². The van der Waals surface area contributed by atoms with Crippen LogP contribution in [0.5, 0.6) is 11.5 Å². The summed E-state index contributed by atoms with van der Waals surface area (Å²) >= 11 is 7.71. The summed E-state index contributed by atoms with van der Waals surface area (Å²) in [6.45, 7) is 2.73. The third kappa shape index (κ3) is 5.00. The Hall–Kier alpha value is -2.61. The van der Waals surface area contributed by atoms with Crippen molar-refractivity contribution < 1.29 is 14.3 Å². The predicted octanol–water partition coefficient (Wildman–Crippen LogP) is 5.16. The molecule has 2 fully saturated rings. The number of nitrogens with one attached hydrogen (secondary N) is 2. The summed E-state index contributed by atoms with van der Waals surface area (Å²) in [5.74, 6) is 1.40. The van der Waals surface area contributed by atoms with E-state index in [-0.39, 0.29) is 12.7 Å². The molecule has 0 radical (unpaired) electrons. The summed E-state index contributed by atoms with van der Waals surface area (Å²) in [4.78, 5) is 18.4. The summed E-state index contributed by atoms with van der Waals surface area (Å²) in [6, 6.07) is 13.5. The molecule has 3 aromatic rings. The number of amides is 1. The summed E-state index contributed by atoms with van der Waals surface area (Å²) < 4.78 is 10.8. The van der Waals surface area contributed by atoms with Crippen molar-refractivity contribution in [3.63, 3.8) is 0 Å². The Balaban J connectivity index is 0.000000406. The maximum absolute atomic E-state index is 13.0. The highest BCUT2D eigenvalue weighted by atomic mass is 35.5. The van der Waals surface area contributed by atoms with Crippen LogP contribution in [0, 0.1) is 0 Å². The molecule has 2 aromatic carbocycles. The highest BCUT2D eigenvalue weighted by molar-refractivity contribution is 7.15. The van der Waals surface area contributed by atoms with E-state index in [0.29, 0.717) is 17.3 Å². The van der Waals surface area contributed by atoms with Gasteiger partial charge in [-0.1, -0.05) is 35.9 Å². The monoisotopic (exact) mass is 483 g/mol. The van der Waals surface area contributed by atoms with Crippen LogP contribution >= 0.6 is 22.9 Å². The second kappa shape index (κ2) is 9.71. The minimum atomic E-state index is -0.504. The Bertz CT molecular complexity index is 1130. The number of carbonyl (C=O) groups is 1. The normalized spacial score (nSPS) is 17.2. The van der Waals surface area contributed by atoms with Gasteiger partial charge < -0.3 is 20.1 Å². The summed E-state index contributed by atoms with van der Waals surface area (Å²) in [5, 5.41) is 7.56. The zero-order chi connectivity index (χ0) is 22.7. The molecule has 0 unspecified atom stereocenters. The molecular weight excluding hydrogens is 458 g/mol. The Morgan fingerprint density at radius 2 is 1.91 bits per heavy atom. The van der Waals surface area contributed by atoms with Gasteiger partial charge in [0.15, 0.2) is 16.6 Å². The first kappa shape index (κ1) is 22.2. The van der Waals surface area contributed by atoms with Gasteiger partial charge in [0.2, 0.25) is 12.7 Å². The number of halogens is 1. The lowest BCUT2D eigenvalue weighted by atomic mass is 9.94. The van der Waals surface area contributed by atoms with Crippen LogP contribution in [0.3, 0.4) is 0 Å². The number of benzene rings is 2. The molecule has 6 rings (SSSR count). The fourth-order valence-corrected chi connectivity index (χ4v) is 5.12. The molecule has 0 bridgehead atoms. The van der Waals surface area contributed by atoms with Crippen LogP contribution in [-0.4, -0.2) is 30.8 Å². The van der Waals surface area contributed by atoms with Gasteiger partial charge in [-0.05, 0) is 68.1 Å². The molecule has 3 aliphatic rings. The van der Waals surface area contributed by atoms with Crippen LogP contribution in [0.1, 0.15) is 41.7 Å². The van der Waals surface area contributed by atoms with E-state index in [1.807, 2.05) is 42.5 Å². The van der Waals surface area contributed by atoms with Gasteiger partial charge in [0, 0.05) is 22.5 Å². The molecule has 2 aliphatic heterocycles. The second-order valence-electron chi connectivity index (χ2n) is 8.46. The van der Waals surface area contributed by atoms with Crippen LogP contribution in [0.4, 0.5) is 5.13 Å². The van der Waals surface area contributed by atoms with Crippen molar-refractivity contribution >= 4 is 34.0 Å². The molecule has 3 heterocycles. The maximum Gasteiger partial charge on any atom is 0.236 e. The smallest absolute Gasteiger partial charge is 0.236 e. The number of nitrogens with zero attached hydrogens (tertiary/aromatic N) is 1. The van der Waals surface area contributed by atoms with Crippen molar-refractivity contribution in [2.24, 2.45) is 0 Å². The quantitative estimate of drug-likeness (QED) is 0.524. The van der Waals surface area contributed by atoms with E-state index in [2.05, 4.69) is 15.6 Å². The molecule has 0 atom stereocenters. The number of thiazole rings is 1. The summed E-state index contributed by atoms with van der Waals surface area (Å²) in [7, 11) is 0. The van der Waals surface area contributed by atoms with Gasteiger partial charge in [0.05, 0.1) is 5.41 Å². The first-order chi connectivity index (χ1) is 16.1. The zero-order valence-corrected chi connectivity index (χ0v) is 19.8. The minimum absolute atomic E-state index is 0.0231. The first-order valence-electron chi connectivity index (χ1n) is 11.2. The third-order valence-corrected chi connectivity index (χ3v) is 7.44. The minimum Gasteiger partial charge on any atom is -0.454 e. The van der Waals surface area contributed by atoms with Crippen molar-refractivity contribution in [1.29, 1.82) is 0 Å². The number of fused-ring (bicyclic) bond motifs is 1. The average molecular weight is 484 g/mol. The van der Waals surface area contributed by atoms with Crippen molar-refractivity contribution in [3.05, 3.63) is 69.7 Å². The van der Waals surface area contributed by atoms with Gasteiger partial charge in [-0.15, -0.1) is 11.3 Å². The Morgan fingerprint density at radius 1 is 1.12 bits per heavy atom. The van der Waals surface area contributed by atoms with Gasteiger partial charge in [0.1, 0.15) is 0 Å². The summed E-state index contributed by atoms with van der Waals surface area (Å²) in [6.07, 6.45) is 6.90. The van der Waals surface area contributed by atoms with E-state index in [1.165, 1.54) is 37.3 Å². The fraction of sp³-hybridized carbons (Fsp3) is 0.360. The molecular formula is C25H26ClN3O3S. The number of ether oxygens (including phenoxy) is 2. The van der Waals surface area contributed by atoms with Crippen molar-refractivity contribution in [2.75, 3.05) is 25.2 Å². The van der Waals surface area contributed by atoms with Crippen LogP contribution in [0.25, 0.3) is 0 Å². The highest BCUT2D eigenvalue weighted by Gasteiger charge is 2.52. The number of hydrogen-bond acceptors (Lipinski definition) is 6. The second-order valence-corrected chi connectivity index (χ2v) is 9.98. The Labute approximate surface area is 202 Å². The van der Waals surface area contributed by atoms with Gasteiger partial charge in [-0.2, -0.15) is 0 Å². The first-order valence-corrected chi connectivity index (χ1v) is 12.4. The molecule has 1 amide bonds. The average Bonchev–Trinajstić information content (AvgIpc) is 3.25. The third-order valence-electron chi connectivity index (χ3n) is 6.16. The largest absolute Gasteiger partial charge is 0.454 e. The number of hydrogen-bond donors (Lipinski definition) is 2. The number of aromatic nitrogens is 1. The van der Waals surface area contributed by atoms with Crippen molar-refractivity contribution in [1.82, 2.24) is 10.3 Å². The lowest BCUT2D eigenvalue weighted by Gasteiger charge is -2.15. The van der Waals surface area contributed by atoms with Crippen LogP contribution < -0.4 is 20.1 Å². The molecule has 2 N–H and O–H groups in total. The van der Waals surface area contributed by atoms with E-state index in [9.17, 15) is 4.79 Å². The molecule has 1 aromatic heterocycles. The SMILES string of the molecule is C1CCNC1.O=C(Nc1ncc(Cc2ccccc2Cl)s1)C1(c2ccc3c(c2)OCO3)CC1. The molecule has 8 heteroatoms. The molecule has 33 heavy (non-hydrogen) atoms. The fourth-order valence-electron chi connectivity index (χ4n) is 4.08. The predicted molar refractivity (Wildman–Crippen MR) is 131 cm³/mol. The molecule has 0 spiro atoms. The van der Waals surface area contributed by atoms with Gasteiger partial charge in [-0.25, -0.2) is 4.98 Å². The van der Waals surface area contributed by atoms with Crippen molar-refractivity contribution in [3.8, 4) is 11.5 Å². The standard InChI is InChI=1S/C21H17ClN2O3S.C4H9N/c22-16-4-2-1-3-13(16)9-15-11-23-20(28-15)24-19(25)21(7-8-21)14-5-6-17-18(10-14)27-12-26-17;1-2-4-5-3-1/h1-6,10-11H,7-9,12H2,(H,23,24,25);5H,1-4H2. The Kier molecular flexibility index (Phi) is 6.53. The molecule has 172 valence electrons. The van der Waals surface area contributed by atoms with Gasteiger partial charge in [0.25, 0.3) is 0 Å². The van der Waals surface area contributed by atoms with E-state index in [4.69, 9.17) is 21.1 Å². The van der Waals surface area contributed by atoms with Crippen molar-refractivity contribution in [2.45, 2.75) is 37.5 Å². The number of anilines is 1. The zero-order valence-electron chi connectivity index (χ0n) is 18.2. The highest BCUT2D eigenvalue weighted by Crippen LogP contribution is 2.51. The molecule has 1 saturated carbocycles. The Morgan fingerprint density at radius 3 is 2.64 bits per heavy atom. The molecule has 1 saturated heterocycles. The number of carbonyl (C=O) groups excluding carboxylic acids is 1. The van der Waals surface area contributed by atoms with Crippen LogP contribution in [0.2, 0.25) is 5.02 Å². The molecule has 1 aliphatic carbocycles. The van der Waals surface area contributed by atoms with Gasteiger partial charge >= 0.3 is 0 Å². The summed E-state index contributed by atoms with van der Waals surface area (Å²) in [5.41, 5.74) is 1.50. The topological polar surface area (TPSA) is 72.5 Å².